The van der Waals surface area contributed by atoms with Crippen molar-refractivity contribution in [1.29, 1.82) is 0 Å². The zero-order chi connectivity index (χ0) is 20.6. The number of benzene rings is 1. The van der Waals surface area contributed by atoms with Crippen LogP contribution in [-0.4, -0.2) is 59.1 Å². The summed E-state index contributed by atoms with van der Waals surface area (Å²) in [6.45, 7) is 6.73. The van der Waals surface area contributed by atoms with Gasteiger partial charge in [-0.15, -0.1) is 11.3 Å². The maximum absolute atomic E-state index is 13.1. The molecule has 2 aliphatic rings. The van der Waals surface area contributed by atoms with Crippen LogP contribution in [0, 0.1) is 6.92 Å². The van der Waals surface area contributed by atoms with Crippen LogP contribution in [0.5, 0.6) is 5.75 Å². The third-order valence-electron chi connectivity index (χ3n) is 5.33. The molecule has 2 saturated heterocycles. The van der Waals surface area contributed by atoms with Gasteiger partial charge in [0, 0.05) is 30.1 Å². The number of aromatic nitrogens is 1. The van der Waals surface area contributed by atoms with Crippen LogP contribution in [0.15, 0.2) is 29.8 Å². The fraction of sp³-hybridized carbons (Fsp3) is 0.524. The number of piperidine rings is 1. The van der Waals surface area contributed by atoms with Crippen molar-refractivity contribution >= 4 is 17.2 Å². The molecule has 29 heavy (non-hydrogen) atoms. The molecule has 4 rings (SSSR count). The SMILES string of the molecule is Cc1cc(C(=O)N2CCC3(c4nccs4)OCOC3C2)ccc1OCC(C)(C)O. The Bertz CT molecular complexity index is 880. The monoisotopic (exact) mass is 418 g/mol. The summed E-state index contributed by atoms with van der Waals surface area (Å²) in [6.07, 6.45) is 2.21. The second-order valence-corrected chi connectivity index (χ2v) is 9.12. The quantitative estimate of drug-likeness (QED) is 0.804. The minimum Gasteiger partial charge on any atom is -0.490 e. The van der Waals surface area contributed by atoms with Crippen molar-refractivity contribution < 1.29 is 24.1 Å². The van der Waals surface area contributed by atoms with E-state index < -0.39 is 11.2 Å². The van der Waals surface area contributed by atoms with E-state index in [0.29, 0.717) is 30.8 Å². The van der Waals surface area contributed by atoms with Crippen LogP contribution in [0.1, 0.15) is 41.2 Å². The van der Waals surface area contributed by atoms with Crippen molar-refractivity contribution in [2.45, 2.75) is 44.5 Å². The van der Waals surface area contributed by atoms with Gasteiger partial charge in [0.25, 0.3) is 5.91 Å². The number of ether oxygens (including phenoxy) is 3. The van der Waals surface area contributed by atoms with Crippen LogP contribution in [0.2, 0.25) is 0 Å². The Morgan fingerprint density at radius 3 is 3.00 bits per heavy atom. The number of hydrogen-bond acceptors (Lipinski definition) is 7. The number of fused-ring (bicyclic) bond motifs is 1. The molecule has 2 fully saturated rings. The lowest BCUT2D eigenvalue weighted by molar-refractivity contribution is -0.0440. The fourth-order valence-electron chi connectivity index (χ4n) is 3.78. The molecular weight excluding hydrogens is 392 g/mol. The van der Waals surface area contributed by atoms with E-state index in [0.717, 1.165) is 10.6 Å². The lowest BCUT2D eigenvalue weighted by Gasteiger charge is -2.40. The van der Waals surface area contributed by atoms with Crippen molar-refractivity contribution in [1.82, 2.24) is 9.88 Å². The Labute approximate surface area is 174 Å². The first-order valence-corrected chi connectivity index (χ1v) is 10.6. The predicted octanol–water partition coefficient (Wildman–Crippen LogP) is 2.72. The predicted molar refractivity (Wildman–Crippen MR) is 108 cm³/mol. The largest absolute Gasteiger partial charge is 0.490 e. The van der Waals surface area contributed by atoms with Gasteiger partial charge in [-0.25, -0.2) is 4.98 Å². The molecule has 156 valence electrons. The van der Waals surface area contributed by atoms with E-state index in [-0.39, 0.29) is 25.4 Å². The lowest BCUT2D eigenvalue weighted by Crippen LogP contribution is -2.53. The van der Waals surface area contributed by atoms with E-state index >= 15 is 0 Å². The molecule has 2 aliphatic heterocycles. The van der Waals surface area contributed by atoms with Crippen LogP contribution in [-0.2, 0) is 15.1 Å². The minimum absolute atomic E-state index is 0.0367. The number of hydrogen-bond donors (Lipinski definition) is 1. The molecule has 1 N–H and O–H groups in total. The van der Waals surface area contributed by atoms with Gasteiger partial charge in [0.05, 0.1) is 12.1 Å². The smallest absolute Gasteiger partial charge is 0.253 e. The summed E-state index contributed by atoms with van der Waals surface area (Å²) in [7, 11) is 0. The number of likely N-dealkylation sites (tertiary alicyclic amines) is 1. The van der Waals surface area contributed by atoms with Crippen LogP contribution >= 0.6 is 11.3 Å². The number of aryl methyl sites for hydroxylation is 1. The van der Waals surface area contributed by atoms with Gasteiger partial charge in [-0.05, 0) is 44.5 Å². The number of thiazole rings is 1. The van der Waals surface area contributed by atoms with E-state index in [9.17, 15) is 9.90 Å². The Kier molecular flexibility index (Phi) is 5.37. The molecule has 8 heteroatoms. The molecule has 0 bridgehead atoms. The molecule has 7 nitrogen and oxygen atoms in total. The standard InChI is InChI=1S/C21H26N2O5S/c1-14-10-15(4-5-16(14)26-12-20(2,3)25)18(24)23-8-6-21(19-22-7-9-29-19)17(11-23)27-13-28-21/h4-5,7,9-10,17,25H,6,8,11-13H2,1-3H3. The van der Waals surface area contributed by atoms with E-state index in [2.05, 4.69) is 4.98 Å². The van der Waals surface area contributed by atoms with Crippen molar-refractivity contribution in [2.24, 2.45) is 0 Å². The maximum Gasteiger partial charge on any atom is 0.253 e. The van der Waals surface area contributed by atoms with Gasteiger partial charge in [0.2, 0.25) is 0 Å². The molecule has 0 radical (unpaired) electrons. The van der Waals surface area contributed by atoms with E-state index in [1.165, 1.54) is 0 Å². The van der Waals surface area contributed by atoms with Crippen molar-refractivity contribution in [2.75, 3.05) is 26.5 Å². The average molecular weight is 419 g/mol. The third-order valence-corrected chi connectivity index (χ3v) is 6.26. The molecular formula is C21H26N2O5S. The minimum atomic E-state index is -0.915. The molecule has 0 aliphatic carbocycles. The van der Waals surface area contributed by atoms with Gasteiger partial charge in [-0.3, -0.25) is 4.79 Å². The van der Waals surface area contributed by atoms with Gasteiger partial charge < -0.3 is 24.2 Å². The molecule has 2 atom stereocenters. The fourth-order valence-corrected chi connectivity index (χ4v) is 4.64. The van der Waals surface area contributed by atoms with Gasteiger partial charge >= 0.3 is 0 Å². The zero-order valence-electron chi connectivity index (χ0n) is 16.9. The Morgan fingerprint density at radius 1 is 1.48 bits per heavy atom. The van der Waals surface area contributed by atoms with E-state index in [4.69, 9.17) is 14.2 Å². The summed E-state index contributed by atoms with van der Waals surface area (Å²) in [4.78, 5) is 19.3. The summed E-state index contributed by atoms with van der Waals surface area (Å²) in [5.74, 6) is 0.628. The number of rotatable bonds is 5. The summed E-state index contributed by atoms with van der Waals surface area (Å²) in [6, 6.07) is 5.38. The first-order valence-electron chi connectivity index (χ1n) is 9.69. The van der Waals surface area contributed by atoms with E-state index in [1.54, 1.807) is 43.5 Å². The highest BCUT2D eigenvalue weighted by atomic mass is 32.1. The topological polar surface area (TPSA) is 81.1 Å². The third kappa shape index (κ3) is 4.02. The molecule has 1 aromatic heterocycles. The molecule has 0 spiro atoms. The summed E-state index contributed by atoms with van der Waals surface area (Å²) >= 11 is 1.56. The van der Waals surface area contributed by atoms with Crippen LogP contribution in [0.3, 0.4) is 0 Å². The van der Waals surface area contributed by atoms with Crippen molar-refractivity contribution in [3.63, 3.8) is 0 Å². The Balaban J connectivity index is 1.46. The second kappa shape index (κ2) is 7.68. The van der Waals surface area contributed by atoms with Crippen LogP contribution in [0.25, 0.3) is 0 Å². The number of carbonyl (C=O) groups is 1. The normalized spacial score (nSPS) is 24.4. The van der Waals surface area contributed by atoms with Gasteiger partial charge in [0.1, 0.15) is 30.3 Å². The van der Waals surface area contributed by atoms with E-state index in [1.807, 2.05) is 23.3 Å². The molecule has 2 aromatic rings. The highest BCUT2D eigenvalue weighted by Crippen LogP contribution is 2.43. The summed E-state index contributed by atoms with van der Waals surface area (Å²) in [5, 5.41) is 12.7. The van der Waals surface area contributed by atoms with Gasteiger partial charge in [-0.1, -0.05) is 0 Å². The highest BCUT2D eigenvalue weighted by Gasteiger charge is 2.52. The Morgan fingerprint density at radius 2 is 2.31 bits per heavy atom. The van der Waals surface area contributed by atoms with Gasteiger partial charge in [0.15, 0.2) is 5.60 Å². The van der Waals surface area contributed by atoms with Crippen molar-refractivity contribution in [3.8, 4) is 5.75 Å². The van der Waals surface area contributed by atoms with Crippen LogP contribution < -0.4 is 4.74 Å². The Hall–Kier alpha value is -2.00. The second-order valence-electron chi connectivity index (χ2n) is 8.23. The first kappa shape index (κ1) is 20.3. The molecule has 2 unspecified atom stereocenters. The number of aliphatic hydroxyl groups is 1. The summed E-state index contributed by atoms with van der Waals surface area (Å²) < 4.78 is 17.5. The maximum atomic E-state index is 13.1. The number of carbonyl (C=O) groups excluding carboxylic acids is 1. The average Bonchev–Trinajstić information content (AvgIpc) is 3.35. The molecule has 1 aromatic carbocycles. The van der Waals surface area contributed by atoms with Crippen molar-refractivity contribution in [3.05, 3.63) is 45.9 Å². The highest BCUT2D eigenvalue weighted by molar-refractivity contribution is 7.09. The molecule has 0 saturated carbocycles. The summed E-state index contributed by atoms with van der Waals surface area (Å²) in [5.41, 5.74) is 0.00552. The zero-order valence-corrected chi connectivity index (χ0v) is 17.7. The number of amides is 1. The number of nitrogens with zero attached hydrogens (tertiary/aromatic N) is 2. The molecule has 3 heterocycles. The van der Waals surface area contributed by atoms with Gasteiger partial charge in [-0.2, -0.15) is 0 Å². The van der Waals surface area contributed by atoms with Crippen LogP contribution in [0.4, 0.5) is 0 Å². The first-order chi connectivity index (χ1) is 13.8. The molecule has 1 amide bonds. The lowest BCUT2D eigenvalue weighted by atomic mass is 9.88.